The highest BCUT2D eigenvalue weighted by Crippen LogP contribution is 2.26. The molecule has 112 valence electrons. The summed E-state index contributed by atoms with van der Waals surface area (Å²) in [6, 6.07) is 1.44. The highest BCUT2D eigenvalue weighted by molar-refractivity contribution is 7.89. The van der Waals surface area contributed by atoms with Gasteiger partial charge < -0.3 is 10.0 Å². The molecule has 1 aromatic heterocycles. The third-order valence-electron chi connectivity index (χ3n) is 3.51. The van der Waals surface area contributed by atoms with E-state index in [1.54, 1.807) is 0 Å². The van der Waals surface area contributed by atoms with E-state index in [4.69, 9.17) is 5.11 Å². The second-order valence-corrected chi connectivity index (χ2v) is 7.92. The van der Waals surface area contributed by atoms with Gasteiger partial charge in [0, 0.05) is 24.5 Å². The van der Waals surface area contributed by atoms with Gasteiger partial charge in [-0.15, -0.1) is 11.3 Å². The van der Waals surface area contributed by atoms with Crippen LogP contribution in [0.4, 0.5) is 0 Å². The number of rotatable bonds is 4. The van der Waals surface area contributed by atoms with Gasteiger partial charge >= 0.3 is 5.97 Å². The van der Waals surface area contributed by atoms with E-state index in [1.165, 1.54) is 15.8 Å². The predicted molar refractivity (Wildman–Crippen MR) is 76.7 cm³/mol. The van der Waals surface area contributed by atoms with Gasteiger partial charge in [0.2, 0.25) is 10.0 Å². The Kier molecular flexibility index (Phi) is 4.48. The zero-order valence-electron chi connectivity index (χ0n) is 11.4. The zero-order chi connectivity index (χ0) is 14.9. The average molecular weight is 318 g/mol. The van der Waals surface area contributed by atoms with Crippen LogP contribution in [0.5, 0.6) is 0 Å². The summed E-state index contributed by atoms with van der Waals surface area (Å²) in [4.78, 5) is 13.0. The van der Waals surface area contributed by atoms with Gasteiger partial charge in [-0.1, -0.05) is 0 Å². The summed E-state index contributed by atoms with van der Waals surface area (Å²) in [5.74, 6) is -1.10. The van der Waals surface area contributed by atoms with Crippen LogP contribution in [-0.2, 0) is 10.0 Å². The molecule has 1 saturated heterocycles. The van der Waals surface area contributed by atoms with Crippen LogP contribution in [0.15, 0.2) is 16.3 Å². The fourth-order valence-electron chi connectivity index (χ4n) is 2.28. The molecule has 1 unspecified atom stereocenters. The molecule has 1 aromatic rings. The zero-order valence-corrected chi connectivity index (χ0v) is 13.1. The maximum atomic E-state index is 12.5. The highest BCUT2D eigenvalue weighted by Gasteiger charge is 2.32. The molecule has 0 saturated carbocycles. The summed E-state index contributed by atoms with van der Waals surface area (Å²) in [6.45, 7) is 0.943. The summed E-state index contributed by atoms with van der Waals surface area (Å²) in [5, 5.41) is 10.3. The minimum absolute atomic E-state index is 0.0461. The van der Waals surface area contributed by atoms with Crippen molar-refractivity contribution in [3.63, 3.8) is 0 Å². The third-order valence-corrected chi connectivity index (χ3v) is 6.42. The van der Waals surface area contributed by atoms with Crippen LogP contribution >= 0.6 is 11.3 Å². The molecule has 20 heavy (non-hydrogen) atoms. The van der Waals surface area contributed by atoms with E-state index in [9.17, 15) is 13.2 Å². The molecule has 6 nitrogen and oxygen atoms in total. The Balaban J connectivity index is 2.22. The molecule has 1 fully saturated rings. The van der Waals surface area contributed by atoms with Crippen LogP contribution in [0.2, 0.25) is 0 Å². The molecule has 1 aliphatic rings. The number of hydrogen-bond acceptors (Lipinski definition) is 5. The van der Waals surface area contributed by atoms with E-state index in [-0.39, 0.29) is 15.8 Å². The van der Waals surface area contributed by atoms with E-state index in [0.717, 1.165) is 24.2 Å². The molecule has 0 amide bonds. The monoisotopic (exact) mass is 318 g/mol. The molecule has 1 atom stereocenters. The third kappa shape index (κ3) is 3.03. The lowest BCUT2D eigenvalue weighted by molar-refractivity contribution is 0.0702. The number of hydrogen-bond donors (Lipinski definition) is 1. The Morgan fingerprint density at radius 1 is 1.50 bits per heavy atom. The second kappa shape index (κ2) is 5.80. The summed E-state index contributed by atoms with van der Waals surface area (Å²) in [6.07, 6.45) is 1.79. The minimum atomic E-state index is -3.59. The van der Waals surface area contributed by atoms with Crippen molar-refractivity contribution in [3.05, 3.63) is 16.3 Å². The molecule has 8 heteroatoms. The van der Waals surface area contributed by atoms with Crippen LogP contribution in [0.1, 0.15) is 22.5 Å². The van der Waals surface area contributed by atoms with Gasteiger partial charge in [-0.3, -0.25) is 0 Å². The fraction of sp³-hybridized carbons (Fsp3) is 0.583. The fourth-order valence-corrected chi connectivity index (χ4v) is 4.89. The predicted octanol–water partition coefficient (Wildman–Crippen LogP) is 1.16. The van der Waals surface area contributed by atoms with Gasteiger partial charge in [0.1, 0.15) is 4.88 Å². The topological polar surface area (TPSA) is 77.9 Å². The lowest BCUT2D eigenvalue weighted by atomic mass is 10.1. The first-order chi connectivity index (χ1) is 9.32. The van der Waals surface area contributed by atoms with Gasteiger partial charge in [-0.2, -0.15) is 4.31 Å². The highest BCUT2D eigenvalue weighted by atomic mass is 32.2. The number of aromatic carboxylic acids is 1. The smallest absolute Gasteiger partial charge is 0.345 e. The Morgan fingerprint density at radius 3 is 2.75 bits per heavy atom. The van der Waals surface area contributed by atoms with Gasteiger partial charge in [-0.25, -0.2) is 13.2 Å². The molecular weight excluding hydrogens is 300 g/mol. The van der Waals surface area contributed by atoms with E-state index in [1.807, 2.05) is 19.0 Å². The molecular formula is C12H18N2O4S2. The number of carboxylic acids is 1. The van der Waals surface area contributed by atoms with Gasteiger partial charge in [0.05, 0.1) is 4.90 Å². The minimum Gasteiger partial charge on any atom is -0.477 e. The van der Waals surface area contributed by atoms with Crippen molar-refractivity contribution in [1.82, 2.24) is 9.21 Å². The molecule has 2 rings (SSSR count). The van der Waals surface area contributed by atoms with Crippen LogP contribution < -0.4 is 0 Å². The van der Waals surface area contributed by atoms with Crippen LogP contribution in [0.3, 0.4) is 0 Å². The van der Waals surface area contributed by atoms with Crippen molar-refractivity contribution < 1.29 is 18.3 Å². The summed E-state index contributed by atoms with van der Waals surface area (Å²) in [5.41, 5.74) is 0. The largest absolute Gasteiger partial charge is 0.477 e. The number of carbonyl (C=O) groups is 1. The summed E-state index contributed by atoms with van der Waals surface area (Å²) < 4.78 is 26.5. The number of piperidine rings is 1. The summed E-state index contributed by atoms with van der Waals surface area (Å²) in [7, 11) is 0.289. The van der Waals surface area contributed by atoms with E-state index < -0.39 is 16.0 Å². The van der Waals surface area contributed by atoms with Crippen LogP contribution in [0, 0.1) is 0 Å². The molecule has 0 aliphatic carbocycles. The van der Waals surface area contributed by atoms with Crippen LogP contribution in [0.25, 0.3) is 0 Å². The number of nitrogens with zero attached hydrogens (tertiary/aromatic N) is 2. The van der Waals surface area contributed by atoms with E-state index in [0.29, 0.717) is 13.1 Å². The standard InChI is InChI=1S/C12H18N2O4S2/c1-13(2)9-4-3-5-14(7-9)20(17,18)10-6-11(12(15)16)19-8-10/h6,8-9H,3-5,7H2,1-2H3,(H,15,16). The maximum Gasteiger partial charge on any atom is 0.345 e. The normalized spacial score (nSPS) is 21.2. The first-order valence-corrected chi connectivity index (χ1v) is 8.62. The van der Waals surface area contributed by atoms with Crippen molar-refractivity contribution in [1.29, 1.82) is 0 Å². The average Bonchev–Trinajstić information content (AvgIpc) is 2.89. The van der Waals surface area contributed by atoms with E-state index in [2.05, 4.69) is 0 Å². The number of likely N-dealkylation sites (N-methyl/N-ethyl adjacent to an activating group) is 1. The molecule has 1 N–H and O–H groups in total. The van der Waals surface area contributed by atoms with Crippen molar-refractivity contribution in [2.45, 2.75) is 23.8 Å². The Morgan fingerprint density at radius 2 is 2.20 bits per heavy atom. The SMILES string of the molecule is CN(C)C1CCCN(S(=O)(=O)c2csc(C(=O)O)c2)C1. The number of carboxylic acid groups (broad SMARTS) is 1. The summed E-state index contributed by atoms with van der Waals surface area (Å²) >= 11 is 0.940. The van der Waals surface area contributed by atoms with Crippen molar-refractivity contribution in [2.24, 2.45) is 0 Å². The van der Waals surface area contributed by atoms with Gasteiger partial charge in [0.15, 0.2) is 0 Å². The van der Waals surface area contributed by atoms with Gasteiger partial charge in [0.25, 0.3) is 0 Å². The number of thiophene rings is 1. The Hall–Kier alpha value is -0.960. The molecule has 0 aromatic carbocycles. The molecule has 2 heterocycles. The van der Waals surface area contributed by atoms with Crippen LogP contribution in [-0.4, -0.2) is 61.9 Å². The maximum absolute atomic E-state index is 12.5. The Bertz CT molecular complexity index is 594. The molecule has 0 spiro atoms. The first kappa shape index (κ1) is 15.4. The molecule has 0 bridgehead atoms. The lowest BCUT2D eigenvalue weighted by Gasteiger charge is -2.35. The molecule has 0 radical (unpaired) electrons. The van der Waals surface area contributed by atoms with Crippen molar-refractivity contribution >= 4 is 27.3 Å². The first-order valence-electron chi connectivity index (χ1n) is 6.31. The Labute approximate surface area is 122 Å². The van der Waals surface area contributed by atoms with Crippen molar-refractivity contribution in [2.75, 3.05) is 27.2 Å². The quantitative estimate of drug-likeness (QED) is 0.901. The molecule has 1 aliphatic heterocycles. The number of sulfonamides is 1. The lowest BCUT2D eigenvalue weighted by Crippen LogP contribution is -2.47. The van der Waals surface area contributed by atoms with Crippen molar-refractivity contribution in [3.8, 4) is 0 Å². The second-order valence-electron chi connectivity index (χ2n) is 5.07. The van der Waals surface area contributed by atoms with E-state index >= 15 is 0 Å². The van der Waals surface area contributed by atoms with Gasteiger partial charge in [-0.05, 0) is 33.0 Å².